The molecule has 1 aliphatic heterocycles. The number of nitrogens with zero attached hydrogens (tertiary/aromatic N) is 3. The van der Waals surface area contributed by atoms with Crippen molar-refractivity contribution in [1.82, 2.24) is 9.29 Å². The number of hydrogen-bond donors (Lipinski definition) is 0. The molecule has 10 heteroatoms. The summed E-state index contributed by atoms with van der Waals surface area (Å²) in [6.45, 7) is 5.29. The number of rotatable bonds is 4. The lowest BCUT2D eigenvalue weighted by Gasteiger charge is -2.33. The molecule has 0 bridgehead atoms. The lowest BCUT2D eigenvalue weighted by Crippen LogP contribution is -2.48. The molecule has 1 fully saturated rings. The zero-order chi connectivity index (χ0) is 23.1. The van der Waals surface area contributed by atoms with Crippen LogP contribution in [0.5, 0.6) is 0 Å². The quantitative estimate of drug-likeness (QED) is 0.529. The lowest BCUT2D eigenvalue weighted by atomic mass is 10.0. The Hall–Kier alpha value is -2.43. The fourth-order valence-corrected chi connectivity index (χ4v) is 6.01. The predicted molar refractivity (Wildman–Crippen MR) is 119 cm³/mol. The highest BCUT2D eigenvalue weighted by molar-refractivity contribution is 7.89. The third-order valence-corrected chi connectivity index (χ3v) is 8.48. The van der Waals surface area contributed by atoms with Crippen molar-refractivity contribution >= 4 is 26.5 Å². The molecule has 0 unspecified atom stereocenters. The SMILES string of the molecule is Cc1cccc(-c2csc(N3CCN(S(=O)(=O)c4cccc(C(F)(F)F)c4)CC3)n2)c1C. The molecule has 0 aliphatic carbocycles. The number of benzene rings is 2. The summed E-state index contributed by atoms with van der Waals surface area (Å²) in [7, 11) is -4.01. The van der Waals surface area contributed by atoms with Crippen LogP contribution in [0.15, 0.2) is 52.7 Å². The number of anilines is 1. The average molecular weight is 482 g/mol. The van der Waals surface area contributed by atoms with Crippen LogP contribution in [0.1, 0.15) is 16.7 Å². The predicted octanol–water partition coefficient (Wildman–Crippen LogP) is 4.96. The number of aryl methyl sites for hydroxylation is 1. The zero-order valence-electron chi connectivity index (χ0n) is 17.6. The first-order chi connectivity index (χ1) is 15.1. The van der Waals surface area contributed by atoms with Crippen LogP contribution in [0.2, 0.25) is 0 Å². The Morgan fingerprint density at radius 2 is 1.69 bits per heavy atom. The first-order valence-electron chi connectivity index (χ1n) is 10.0. The van der Waals surface area contributed by atoms with Gasteiger partial charge in [0, 0.05) is 37.1 Å². The van der Waals surface area contributed by atoms with Gasteiger partial charge in [-0.1, -0.05) is 24.3 Å². The second kappa shape index (κ2) is 8.49. The van der Waals surface area contributed by atoms with Gasteiger partial charge in [0.2, 0.25) is 10.0 Å². The molecule has 0 spiro atoms. The number of piperazine rings is 1. The van der Waals surface area contributed by atoms with Gasteiger partial charge in [-0.15, -0.1) is 11.3 Å². The molecule has 32 heavy (non-hydrogen) atoms. The zero-order valence-corrected chi connectivity index (χ0v) is 19.2. The summed E-state index contributed by atoms with van der Waals surface area (Å²) in [4.78, 5) is 6.41. The Labute approximate surface area is 189 Å². The van der Waals surface area contributed by atoms with E-state index in [9.17, 15) is 21.6 Å². The highest BCUT2D eigenvalue weighted by Gasteiger charge is 2.34. The third kappa shape index (κ3) is 4.39. The number of aromatic nitrogens is 1. The van der Waals surface area contributed by atoms with E-state index in [1.807, 2.05) is 22.4 Å². The molecular formula is C22H22F3N3O2S2. The average Bonchev–Trinajstić information content (AvgIpc) is 3.25. The maximum absolute atomic E-state index is 13.0. The number of thiazole rings is 1. The van der Waals surface area contributed by atoms with Gasteiger partial charge in [-0.25, -0.2) is 13.4 Å². The normalized spacial score (nSPS) is 15.8. The summed E-state index contributed by atoms with van der Waals surface area (Å²) in [6, 6.07) is 9.96. The molecular weight excluding hydrogens is 459 g/mol. The summed E-state index contributed by atoms with van der Waals surface area (Å²) in [5.41, 5.74) is 3.33. The van der Waals surface area contributed by atoms with E-state index in [0.29, 0.717) is 19.2 Å². The number of alkyl halides is 3. The number of hydrogen-bond acceptors (Lipinski definition) is 5. The van der Waals surface area contributed by atoms with Crippen LogP contribution in [0, 0.1) is 13.8 Å². The van der Waals surface area contributed by atoms with Gasteiger partial charge in [-0.3, -0.25) is 0 Å². The van der Waals surface area contributed by atoms with Crippen molar-refractivity contribution in [2.24, 2.45) is 0 Å². The van der Waals surface area contributed by atoms with Crippen LogP contribution in [-0.4, -0.2) is 43.9 Å². The second-order valence-corrected chi connectivity index (χ2v) is 10.5. The minimum atomic E-state index is -4.59. The van der Waals surface area contributed by atoms with E-state index in [1.54, 1.807) is 0 Å². The van der Waals surface area contributed by atoms with Gasteiger partial charge in [-0.05, 0) is 43.2 Å². The summed E-state index contributed by atoms with van der Waals surface area (Å²) in [6.07, 6.45) is -4.59. The molecule has 0 N–H and O–H groups in total. The van der Waals surface area contributed by atoms with E-state index in [2.05, 4.69) is 19.9 Å². The fourth-order valence-electron chi connectivity index (χ4n) is 3.66. The smallest absolute Gasteiger partial charge is 0.345 e. The van der Waals surface area contributed by atoms with Crippen molar-refractivity contribution in [1.29, 1.82) is 0 Å². The molecule has 4 rings (SSSR count). The standard InChI is InChI=1S/C22H22F3N3O2S2/c1-15-5-3-8-19(16(15)2)20-14-31-21(26-20)27-9-11-28(12-10-27)32(29,30)18-7-4-6-17(13-18)22(23,24)25/h3-8,13-14H,9-12H2,1-2H3. The van der Waals surface area contributed by atoms with Crippen LogP contribution in [0.4, 0.5) is 18.3 Å². The van der Waals surface area contributed by atoms with Crippen LogP contribution in [-0.2, 0) is 16.2 Å². The van der Waals surface area contributed by atoms with Crippen molar-refractivity contribution in [2.45, 2.75) is 24.9 Å². The molecule has 2 heterocycles. The van der Waals surface area contributed by atoms with E-state index >= 15 is 0 Å². The highest BCUT2D eigenvalue weighted by atomic mass is 32.2. The molecule has 5 nitrogen and oxygen atoms in total. The summed E-state index contributed by atoms with van der Waals surface area (Å²) in [5, 5.41) is 2.79. The number of sulfonamides is 1. The Kier molecular flexibility index (Phi) is 6.04. The Bertz CT molecular complexity index is 1230. The molecule has 0 amide bonds. The molecule has 170 valence electrons. The molecule has 1 aromatic heterocycles. The minimum absolute atomic E-state index is 0.178. The monoisotopic (exact) mass is 481 g/mol. The summed E-state index contributed by atoms with van der Waals surface area (Å²) < 4.78 is 66.0. The molecule has 1 aliphatic rings. The van der Waals surface area contributed by atoms with Crippen molar-refractivity contribution in [3.8, 4) is 11.3 Å². The van der Waals surface area contributed by atoms with E-state index in [4.69, 9.17) is 4.98 Å². The maximum atomic E-state index is 13.0. The van der Waals surface area contributed by atoms with Crippen molar-refractivity contribution < 1.29 is 21.6 Å². The number of halogens is 3. The van der Waals surface area contributed by atoms with Gasteiger partial charge in [-0.2, -0.15) is 17.5 Å². The molecule has 1 saturated heterocycles. The molecule has 0 radical (unpaired) electrons. The van der Waals surface area contributed by atoms with Gasteiger partial charge < -0.3 is 4.90 Å². The van der Waals surface area contributed by atoms with Gasteiger partial charge >= 0.3 is 6.18 Å². The Morgan fingerprint density at radius 1 is 1.00 bits per heavy atom. The van der Waals surface area contributed by atoms with Gasteiger partial charge in [0.15, 0.2) is 5.13 Å². The molecule has 2 aromatic carbocycles. The first kappa shape index (κ1) is 22.8. The minimum Gasteiger partial charge on any atom is -0.345 e. The van der Waals surface area contributed by atoms with E-state index < -0.39 is 21.8 Å². The van der Waals surface area contributed by atoms with E-state index in [1.165, 1.54) is 32.8 Å². The highest BCUT2D eigenvalue weighted by Crippen LogP contribution is 2.33. The topological polar surface area (TPSA) is 53.5 Å². The molecule has 3 aromatic rings. The fraction of sp³-hybridized carbons (Fsp3) is 0.318. The van der Waals surface area contributed by atoms with Crippen LogP contribution in [0.25, 0.3) is 11.3 Å². The Balaban J connectivity index is 1.48. The lowest BCUT2D eigenvalue weighted by molar-refractivity contribution is -0.137. The molecule has 0 atom stereocenters. The van der Waals surface area contributed by atoms with E-state index in [-0.39, 0.29) is 18.0 Å². The van der Waals surface area contributed by atoms with Crippen molar-refractivity contribution in [2.75, 3.05) is 31.1 Å². The maximum Gasteiger partial charge on any atom is 0.416 e. The van der Waals surface area contributed by atoms with Gasteiger partial charge in [0.1, 0.15) is 0 Å². The largest absolute Gasteiger partial charge is 0.416 e. The summed E-state index contributed by atoms with van der Waals surface area (Å²) in [5.74, 6) is 0. The van der Waals surface area contributed by atoms with Crippen LogP contribution in [0.3, 0.4) is 0 Å². The van der Waals surface area contributed by atoms with Crippen molar-refractivity contribution in [3.63, 3.8) is 0 Å². The first-order valence-corrected chi connectivity index (χ1v) is 12.3. The van der Waals surface area contributed by atoms with Crippen LogP contribution < -0.4 is 4.90 Å². The van der Waals surface area contributed by atoms with Crippen LogP contribution >= 0.6 is 11.3 Å². The van der Waals surface area contributed by atoms with Crippen molar-refractivity contribution in [3.05, 3.63) is 64.5 Å². The van der Waals surface area contributed by atoms with Gasteiger partial charge in [0.05, 0.1) is 16.2 Å². The van der Waals surface area contributed by atoms with Gasteiger partial charge in [0.25, 0.3) is 0 Å². The molecule has 0 saturated carbocycles. The third-order valence-electron chi connectivity index (χ3n) is 5.68. The Morgan fingerprint density at radius 3 is 2.38 bits per heavy atom. The summed E-state index contributed by atoms with van der Waals surface area (Å²) >= 11 is 1.50. The van der Waals surface area contributed by atoms with E-state index in [0.717, 1.165) is 28.5 Å². The second-order valence-electron chi connectivity index (χ2n) is 7.68.